The Morgan fingerprint density at radius 2 is 1.53 bits per heavy atom. The average molecular weight is 448 g/mol. The number of hydrogen-bond donors (Lipinski definition) is 2. The monoisotopic (exact) mass is 448 g/mol. The second-order valence-electron chi connectivity index (χ2n) is 7.33. The lowest BCUT2D eigenvalue weighted by atomic mass is 10.0. The minimum atomic E-state index is -1.36. The number of fused-ring (bicyclic) bond motifs is 1. The summed E-state index contributed by atoms with van der Waals surface area (Å²) in [5.74, 6) is 0. The van der Waals surface area contributed by atoms with E-state index in [0.29, 0.717) is 11.1 Å². The van der Waals surface area contributed by atoms with Gasteiger partial charge in [-0.25, -0.2) is 0 Å². The van der Waals surface area contributed by atoms with Crippen molar-refractivity contribution in [2.45, 2.75) is 37.0 Å². The number of rotatable bonds is 6. The van der Waals surface area contributed by atoms with E-state index in [4.69, 9.17) is 18.9 Å². The predicted octanol–water partition coefficient (Wildman–Crippen LogP) is 1.75. The molecular formula is C20H20N2O10. The molecule has 2 aliphatic heterocycles. The van der Waals surface area contributed by atoms with E-state index < -0.39 is 53.4 Å². The highest BCUT2D eigenvalue weighted by Gasteiger charge is 2.48. The van der Waals surface area contributed by atoms with Crippen LogP contribution in [-0.4, -0.2) is 57.7 Å². The van der Waals surface area contributed by atoms with Crippen LogP contribution in [0.25, 0.3) is 0 Å². The number of aliphatic hydroxyl groups excluding tert-OH is 2. The van der Waals surface area contributed by atoms with Crippen molar-refractivity contribution >= 4 is 11.4 Å². The third-order valence-electron chi connectivity index (χ3n) is 5.23. The van der Waals surface area contributed by atoms with Gasteiger partial charge in [-0.2, -0.15) is 0 Å². The van der Waals surface area contributed by atoms with Crippen molar-refractivity contribution in [1.82, 2.24) is 0 Å². The summed E-state index contributed by atoms with van der Waals surface area (Å²) in [7, 11) is 0. The Morgan fingerprint density at radius 1 is 0.938 bits per heavy atom. The number of hydrogen-bond acceptors (Lipinski definition) is 10. The number of nitrogens with zero attached hydrogens (tertiary/aromatic N) is 2. The zero-order valence-corrected chi connectivity index (χ0v) is 16.6. The van der Waals surface area contributed by atoms with Crippen LogP contribution in [0.3, 0.4) is 0 Å². The molecule has 170 valence electrons. The molecule has 4 rings (SSSR count). The van der Waals surface area contributed by atoms with E-state index in [9.17, 15) is 30.4 Å². The molecule has 0 saturated carbocycles. The van der Waals surface area contributed by atoms with Crippen molar-refractivity contribution in [3.63, 3.8) is 0 Å². The van der Waals surface area contributed by atoms with E-state index in [1.165, 1.54) is 36.4 Å². The summed E-state index contributed by atoms with van der Waals surface area (Å²) in [6.45, 7) is -0.682. The number of nitro benzene ring substituents is 2. The highest BCUT2D eigenvalue weighted by atomic mass is 16.8. The molecule has 2 saturated heterocycles. The van der Waals surface area contributed by atoms with E-state index in [1.54, 1.807) is 12.1 Å². The lowest BCUT2D eigenvalue weighted by Gasteiger charge is -2.28. The first kappa shape index (κ1) is 22.2. The summed E-state index contributed by atoms with van der Waals surface area (Å²) >= 11 is 0. The second kappa shape index (κ2) is 9.24. The fourth-order valence-electron chi connectivity index (χ4n) is 3.68. The average Bonchev–Trinajstić information content (AvgIpc) is 3.14. The van der Waals surface area contributed by atoms with Gasteiger partial charge in [0.25, 0.3) is 11.4 Å². The molecule has 12 nitrogen and oxygen atoms in total. The molecule has 0 amide bonds. The molecular weight excluding hydrogens is 428 g/mol. The molecule has 2 heterocycles. The normalized spacial score (nSPS) is 28.5. The van der Waals surface area contributed by atoms with Gasteiger partial charge in [0.15, 0.2) is 12.6 Å². The minimum Gasteiger partial charge on any atom is -0.394 e. The van der Waals surface area contributed by atoms with Crippen LogP contribution in [-0.2, 0) is 18.9 Å². The van der Waals surface area contributed by atoms with Crippen LogP contribution >= 0.6 is 0 Å². The fourth-order valence-corrected chi connectivity index (χ4v) is 3.68. The molecule has 0 radical (unpaired) electrons. The zero-order chi connectivity index (χ0) is 22.8. The molecule has 2 aromatic carbocycles. The standard InChI is InChI=1S/C20H20N2O10/c23-9-15(24)17-18-16(30-20(32-18)12-4-2-6-14(8-12)22(27)28)10-29-19(31-17)11-3-1-5-13(7-11)21(25)26/h1-8,15-20,23-24H,9-10H2/t15-,16+,17+,18+,19?,20?/m1/s1. The smallest absolute Gasteiger partial charge is 0.269 e. The van der Waals surface area contributed by atoms with E-state index in [-0.39, 0.29) is 18.0 Å². The van der Waals surface area contributed by atoms with Gasteiger partial charge >= 0.3 is 0 Å². The minimum absolute atomic E-state index is 0.0436. The second-order valence-corrected chi connectivity index (χ2v) is 7.33. The summed E-state index contributed by atoms with van der Waals surface area (Å²) in [4.78, 5) is 21.1. The van der Waals surface area contributed by atoms with Crippen molar-refractivity contribution in [2.75, 3.05) is 13.2 Å². The maximum atomic E-state index is 11.1. The quantitative estimate of drug-likeness (QED) is 0.491. The third kappa shape index (κ3) is 4.46. The van der Waals surface area contributed by atoms with Gasteiger partial charge in [-0.05, 0) is 0 Å². The molecule has 32 heavy (non-hydrogen) atoms. The largest absolute Gasteiger partial charge is 0.394 e. The predicted molar refractivity (Wildman–Crippen MR) is 105 cm³/mol. The van der Waals surface area contributed by atoms with Crippen molar-refractivity contribution in [2.24, 2.45) is 0 Å². The molecule has 0 aromatic heterocycles. The molecule has 2 aromatic rings. The van der Waals surface area contributed by atoms with Crippen molar-refractivity contribution in [3.8, 4) is 0 Å². The molecule has 12 heteroatoms. The van der Waals surface area contributed by atoms with E-state index in [0.717, 1.165) is 0 Å². The Labute approximate surface area is 181 Å². The molecule has 2 aliphatic rings. The summed E-state index contributed by atoms with van der Waals surface area (Å²) in [6.07, 6.45) is -6.10. The van der Waals surface area contributed by atoms with Crippen LogP contribution in [0.2, 0.25) is 0 Å². The molecule has 0 bridgehead atoms. The zero-order valence-electron chi connectivity index (χ0n) is 16.6. The number of non-ortho nitro benzene ring substituents is 2. The molecule has 2 fully saturated rings. The fraction of sp³-hybridized carbons (Fsp3) is 0.400. The Bertz CT molecular complexity index is 1000. The van der Waals surface area contributed by atoms with Gasteiger partial charge in [-0.15, -0.1) is 0 Å². The number of aliphatic hydroxyl groups is 2. The molecule has 0 aliphatic carbocycles. The van der Waals surface area contributed by atoms with Crippen LogP contribution in [0, 0.1) is 20.2 Å². The lowest BCUT2D eigenvalue weighted by molar-refractivity contribution is -0.385. The number of nitro groups is 2. The van der Waals surface area contributed by atoms with Gasteiger partial charge in [-0.1, -0.05) is 24.3 Å². The van der Waals surface area contributed by atoms with Crippen LogP contribution in [0.4, 0.5) is 11.4 Å². The Morgan fingerprint density at radius 3 is 2.09 bits per heavy atom. The Kier molecular flexibility index (Phi) is 6.41. The highest BCUT2D eigenvalue weighted by molar-refractivity contribution is 5.36. The van der Waals surface area contributed by atoms with Gasteiger partial charge in [0.2, 0.25) is 0 Å². The highest BCUT2D eigenvalue weighted by Crippen LogP contribution is 2.40. The lowest BCUT2D eigenvalue weighted by Crippen LogP contribution is -2.45. The summed E-state index contributed by atoms with van der Waals surface area (Å²) < 4.78 is 23.4. The maximum absolute atomic E-state index is 11.1. The maximum Gasteiger partial charge on any atom is 0.269 e. The Balaban J connectivity index is 1.58. The van der Waals surface area contributed by atoms with Crippen molar-refractivity contribution < 1.29 is 39.0 Å². The molecule has 6 atom stereocenters. The first-order valence-corrected chi connectivity index (χ1v) is 9.73. The van der Waals surface area contributed by atoms with E-state index >= 15 is 0 Å². The molecule has 0 spiro atoms. The summed E-state index contributed by atoms with van der Waals surface area (Å²) in [6, 6.07) is 11.4. The van der Waals surface area contributed by atoms with Gasteiger partial charge < -0.3 is 29.2 Å². The van der Waals surface area contributed by atoms with Crippen LogP contribution in [0.1, 0.15) is 23.7 Å². The first-order chi connectivity index (χ1) is 15.4. The summed E-state index contributed by atoms with van der Waals surface area (Å²) in [5, 5.41) is 42.0. The molecule has 2 unspecified atom stereocenters. The first-order valence-electron chi connectivity index (χ1n) is 9.73. The van der Waals surface area contributed by atoms with Gasteiger partial charge in [0.1, 0.15) is 24.4 Å². The summed E-state index contributed by atoms with van der Waals surface area (Å²) in [5.41, 5.74) is 0.466. The topological polar surface area (TPSA) is 164 Å². The number of ether oxygens (including phenoxy) is 4. The van der Waals surface area contributed by atoms with Crippen molar-refractivity contribution in [1.29, 1.82) is 0 Å². The van der Waals surface area contributed by atoms with Crippen LogP contribution in [0.5, 0.6) is 0 Å². The van der Waals surface area contributed by atoms with Gasteiger partial charge in [-0.3, -0.25) is 20.2 Å². The van der Waals surface area contributed by atoms with E-state index in [2.05, 4.69) is 0 Å². The van der Waals surface area contributed by atoms with Gasteiger partial charge in [0.05, 0.1) is 23.1 Å². The molecule has 2 N–H and O–H groups in total. The van der Waals surface area contributed by atoms with Crippen LogP contribution < -0.4 is 0 Å². The van der Waals surface area contributed by atoms with Gasteiger partial charge in [0, 0.05) is 35.4 Å². The SMILES string of the molecule is O=[N+]([O-])c1cccc(C2OC[C@@H]3OC(c4cccc([N+](=O)[O-])c4)O[C@@H]3[C@H]([C@H](O)CO)O2)c1. The van der Waals surface area contributed by atoms with Crippen molar-refractivity contribution in [3.05, 3.63) is 79.9 Å². The Hall–Kier alpha value is -3.00. The van der Waals surface area contributed by atoms with E-state index in [1.807, 2.05) is 0 Å². The number of benzene rings is 2. The third-order valence-corrected chi connectivity index (χ3v) is 5.23. The van der Waals surface area contributed by atoms with Crippen LogP contribution in [0.15, 0.2) is 48.5 Å².